The number of allylic oxidation sites excluding steroid dienone is 2. The zero-order valence-electron chi connectivity index (χ0n) is 12.9. The lowest BCUT2D eigenvalue weighted by Crippen LogP contribution is -2.00. The van der Waals surface area contributed by atoms with E-state index in [1.54, 1.807) is 0 Å². The van der Waals surface area contributed by atoms with E-state index in [9.17, 15) is 0 Å². The Balaban J connectivity index is 2.00. The number of hydrogen-bond donors (Lipinski definition) is 0. The molecule has 4 rings (SSSR count). The second kappa shape index (κ2) is 5.69. The van der Waals surface area contributed by atoms with E-state index in [2.05, 4.69) is 52.9 Å². The Hall–Kier alpha value is -2.94. The molecule has 0 spiro atoms. The van der Waals surface area contributed by atoms with Crippen molar-refractivity contribution in [2.75, 3.05) is 0 Å². The Kier molecular flexibility index (Phi) is 3.39. The molecule has 0 aliphatic heterocycles. The number of aromatic nitrogens is 3. The van der Waals surface area contributed by atoms with Gasteiger partial charge in [0.05, 0.1) is 17.1 Å². The minimum absolute atomic E-state index is 0.412. The van der Waals surface area contributed by atoms with Crippen molar-refractivity contribution in [2.24, 2.45) is 5.92 Å². The van der Waals surface area contributed by atoms with Crippen molar-refractivity contribution < 1.29 is 0 Å². The molecular formula is C20H17N3. The fourth-order valence-electron chi connectivity index (χ4n) is 2.82. The summed E-state index contributed by atoms with van der Waals surface area (Å²) in [6, 6.07) is 14.3. The van der Waals surface area contributed by atoms with Gasteiger partial charge in [0.1, 0.15) is 5.82 Å². The van der Waals surface area contributed by atoms with Crippen LogP contribution in [0.1, 0.15) is 18.3 Å². The van der Waals surface area contributed by atoms with Gasteiger partial charge in [-0.05, 0) is 30.2 Å². The van der Waals surface area contributed by atoms with Crippen molar-refractivity contribution in [2.45, 2.75) is 6.92 Å². The van der Waals surface area contributed by atoms with Crippen molar-refractivity contribution in [1.82, 2.24) is 14.5 Å². The smallest absolute Gasteiger partial charge is 0.145 e. The van der Waals surface area contributed by atoms with Crippen LogP contribution < -0.4 is 0 Å². The molecule has 3 heteroatoms. The summed E-state index contributed by atoms with van der Waals surface area (Å²) < 4.78 is 2.20. The van der Waals surface area contributed by atoms with Gasteiger partial charge in [-0.25, -0.2) is 4.98 Å². The van der Waals surface area contributed by atoms with Gasteiger partial charge < -0.3 is 0 Å². The molecule has 0 saturated carbocycles. The fraction of sp³-hybridized carbons (Fsp3) is 0.100. The van der Waals surface area contributed by atoms with E-state index in [1.807, 2.05) is 42.7 Å². The third-order valence-electron chi connectivity index (χ3n) is 4.01. The summed E-state index contributed by atoms with van der Waals surface area (Å²) in [5.74, 6) is 1.36. The molecule has 112 valence electrons. The molecule has 1 atom stereocenters. The van der Waals surface area contributed by atoms with Crippen LogP contribution >= 0.6 is 0 Å². The van der Waals surface area contributed by atoms with E-state index in [-0.39, 0.29) is 0 Å². The normalized spacial score (nSPS) is 16.1. The summed E-state index contributed by atoms with van der Waals surface area (Å²) in [7, 11) is 0. The number of pyridine rings is 1. The van der Waals surface area contributed by atoms with Crippen LogP contribution in [-0.2, 0) is 0 Å². The first-order valence-electron chi connectivity index (χ1n) is 7.78. The van der Waals surface area contributed by atoms with Gasteiger partial charge >= 0.3 is 0 Å². The third-order valence-corrected chi connectivity index (χ3v) is 4.01. The number of benzene rings is 1. The fourth-order valence-corrected chi connectivity index (χ4v) is 2.82. The molecule has 0 N–H and O–H groups in total. The lowest BCUT2D eigenvalue weighted by atomic mass is 10.1. The number of fused-ring (bicyclic) bond motifs is 1. The number of nitrogens with zero attached hydrogens (tertiary/aromatic N) is 3. The van der Waals surface area contributed by atoms with Crippen LogP contribution in [0.3, 0.4) is 0 Å². The maximum absolute atomic E-state index is 4.90. The standard InChI is InChI=1S/C20H17N3/c1-15-7-9-18-19(10-8-15)23(17-11-13-21-14-12-17)20(22-18)16-5-3-2-4-6-16/h2-15H,1H3. The van der Waals surface area contributed by atoms with Crippen molar-refractivity contribution in [3.05, 3.63) is 78.4 Å². The van der Waals surface area contributed by atoms with E-state index in [0.717, 1.165) is 28.5 Å². The molecule has 1 aliphatic rings. The third kappa shape index (κ3) is 2.50. The van der Waals surface area contributed by atoms with Gasteiger partial charge in [0.25, 0.3) is 0 Å². The van der Waals surface area contributed by atoms with Crippen molar-refractivity contribution in [3.8, 4) is 17.1 Å². The van der Waals surface area contributed by atoms with Gasteiger partial charge in [-0.2, -0.15) is 0 Å². The van der Waals surface area contributed by atoms with Crippen LogP contribution in [0.5, 0.6) is 0 Å². The highest BCUT2D eigenvalue weighted by atomic mass is 15.1. The van der Waals surface area contributed by atoms with E-state index in [4.69, 9.17) is 4.98 Å². The van der Waals surface area contributed by atoms with Gasteiger partial charge in [-0.15, -0.1) is 0 Å². The van der Waals surface area contributed by atoms with E-state index >= 15 is 0 Å². The predicted octanol–water partition coefficient (Wildman–Crippen LogP) is 4.61. The van der Waals surface area contributed by atoms with Gasteiger partial charge in [-0.1, -0.05) is 49.4 Å². The second-order valence-electron chi connectivity index (χ2n) is 5.69. The van der Waals surface area contributed by atoms with Gasteiger partial charge in [0.15, 0.2) is 0 Å². The highest BCUT2D eigenvalue weighted by Crippen LogP contribution is 2.30. The molecule has 2 heterocycles. The second-order valence-corrected chi connectivity index (χ2v) is 5.69. The minimum atomic E-state index is 0.412. The largest absolute Gasteiger partial charge is 0.292 e. The molecule has 0 fully saturated rings. The summed E-state index contributed by atoms with van der Waals surface area (Å²) in [6.45, 7) is 2.17. The molecule has 1 unspecified atom stereocenters. The number of hydrogen-bond acceptors (Lipinski definition) is 2. The molecule has 23 heavy (non-hydrogen) atoms. The quantitative estimate of drug-likeness (QED) is 0.692. The topological polar surface area (TPSA) is 30.7 Å². The molecule has 1 aliphatic carbocycles. The van der Waals surface area contributed by atoms with E-state index < -0.39 is 0 Å². The van der Waals surface area contributed by atoms with Crippen LogP contribution in [0, 0.1) is 5.92 Å². The van der Waals surface area contributed by atoms with Gasteiger partial charge in [0.2, 0.25) is 0 Å². The highest BCUT2D eigenvalue weighted by molar-refractivity contribution is 5.71. The van der Waals surface area contributed by atoms with Crippen LogP contribution in [0.25, 0.3) is 29.2 Å². The molecule has 0 saturated heterocycles. The summed E-state index contributed by atoms with van der Waals surface area (Å²) in [5, 5.41) is 0. The molecule has 0 bridgehead atoms. The average Bonchev–Trinajstić information content (AvgIpc) is 2.88. The lowest BCUT2D eigenvalue weighted by molar-refractivity contribution is 0.951. The molecular weight excluding hydrogens is 282 g/mol. The Morgan fingerprint density at radius 1 is 0.913 bits per heavy atom. The van der Waals surface area contributed by atoms with Crippen molar-refractivity contribution in [1.29, 1.82) is 0 Å². The monoisotopic (exact) mass is 299 g/mol. The first kappa shape index (κ1) is 13.7. The minimum Gasteiger partial charge on any atom is -0.292 e. The van der Waals surface area contributed by atoms with Gasteiger partial charge in [-0.3, -0.25) is 9.55 Å². The highest BCUT2D eigenvalue weighted by Gasteiger charge is 2.18. The van der Waals surface area contributed by atoms with Crippen LogP contribution in [0.15, 0.2) is 67.0 Å². The Morgan fingerprint density at radius 3 is 2.43 bits per heavy atom. The Labute approximate surface area is 135 Å². The molecule has 3 aromatic rings. The van der Waals surface area contributed by atoms with E-state index in [1.165, 1.54) is 0 Å². The molecule has 0 radical (unpaired) electrons. The zero-order chi connectivity index (χ0) is 15.6. The van der Waals surface area contributed by atoms with Crippen molar-refractivity contribution in [3.63, 3.8) is 0 Å². The van der Waals surface area contributed by atoms with Gasteiger partial charge in [0, 0.05) is 18.0 Å². The zero-order valence-corrected chi connectivity index (χ0v) is 12.9. The maximum atomic E-state index is 4.90. The molecule has 0 amide bonds. The average molecular weight is 299 g/mol. The van der Waals surface area contributed by atoms with E-state index in [0.29, 0.717) is 5.92 Å². The molecule has 1 aromatic carbocycles. The summed E-state index contributed by atoms with van der Waals surface area (Å²) in [4.78, 5) is 9.03. The maximum Gasteiger partial charge on any atom is 0.145 e. The first-order valence-corrected chi connectivity index (χ1v) is 7.78. The summed E-state index contributed by atoms with van der Waals surface area (Å²) >= 11 is 0. The Bertz CT molecular complexity index is 874. The van der Waals surface area contributed by atoms with Crippen LogP contribution in [0.4, 0.5) is 0 Å². The predicted molar refractivity (Wildman–Crippen MR) is 94.0 cm³/mol. The number of rotatable bonds is 2. The van der Waals surface area contributed by atoms with Crippen LogP contribution in [-0.4, -0.2) is 14.5 Å². The molecule has 3 nitrogen and oxygen atoms in total. The van der Waals surface area contributed by atoms with Crippen molar-refractivity contribution >= 4 is 12.2 Å². The lowest BCUT2D eigenvalue weighted by Gasteiger charge is -2.10. The summed E-state index contributed by atoms with van der Waals surface area (Å²) in [5.41, 5.74) is 4.28. The molecule has 2 aromatic heterocycles. The summed E-state index contributed by atoms with van der Waals surface area (Å²) in [6.07, 6.45) is 12.3. The SMILES string of the molecule is CC1C=Cc2nc(-c3ccccc3)n(-c3ccncc3)c2C=C1. The Morgan fingerprint density at radius 2 is 1.65 bits per heavy atom. The number of imidazole rings is 1. The van der Waals surface area contributed by atoms with Crippen LogP contribution in [0.2, 0.25) is 0 Å². The first-order chi connectivity index (χ1) is 11.3.